The normalized spacial score (nSPS) is 15.1. The van der Waals surface area contributed by atoms with E-state index < -0.39 is 23.5 Å². The number of nitrogens with two attached hydrogens (primary N) is 1. The highest BCUT2D eigenvalue weighted by atomic mass is 19.2. The van der Waals surface area contributed by atoms with Gasteiger partial charge in [-0.1, -0.05) is 26.3 Å². The zero-order valence-corrected chi connectivity index (χ0v) is 8.73. The third-order valence-electron chi connectivity index (χ3n) is 2.68. The van der Waals surface area contributed by atoms with Crippen LogP contribution in [0, 0.1) is 23.4 Å². The molecule has 84 valence electrons. The Hall–Kier alpha value is -1.03. The Bertz CT molecular complexity index is 352. The van der Waals surface area contributed by atoms with E-state index in [1.54, 1.807) is 0 Å². The molecule has 2 atom stereocenters. The second kappa shape index (κ2) is 4.66. The first-order chi connectivity index (χ1) is 6.99. The van der Waals surface area contributed by atoms with Gasteiger partial charge < -0.3 is 5.73 Å². The van der Waals surface area contributed by atoms with Gasteiger partial charge in [0, 0.05) is 11.6 Å². The smallest absolute Gasteiger partial charge is 0.194 e. The van der Waals surface area contributed by atoms with Crippen LogP contribution in [0.4, 0.5) is 13.2 Å². The van der Waals surface area contributed by atoms with Crippen LogP contribution in [-0.4, -0.2) is 0 Å². The second-order valence-corrected chi connectivity index (χ2v) is 3.68. The summed E-state index contributed by atoms with van der Waals surface area (Å²) in [4.78, 5) is 0. The Kier molecular flexibility index (Phi) is 3.74. The van der Waals surface area contributed by atoms with Crippen molar-refractivity contribution in [3.05, 3.63) is 35.1 Å². The molecule has 0 aromatic heterocycles. The molecule has 4 heteroatoms. The second-order valence-electron chi connectivity index (χ2n) is 3.68. The summed E-state index contributed by atoms with van der Waals surface area (Å²) in [6.45, 7) is 3.74. The zero-order valence-electron chi connectivity index (χ0n) is 8.73. The highest BCUT2D eigenvalue weighted by Gasteiger charge is 2.21. The van der Waals surface area contributed by atoms with Gasteiger partial charge in [0.15, 0.2) is 17.5 Å². The molecule has 0 aliphatic carbocycles. The summed E-state index contributed by atoms with van der Waals surface area (Å²) in [7, 11) is 0. The quantitative estimate of drug-likeness (QED) is 0.773. The lowest BCUT2D eigenvalue weighted by molar-refractivity contribution is 0.405. The Labute approximate surface area is 87.1 Å². The summed E-state index contributed by atoms with van der Waals surface area (Å²) in [6, 6.07) is 1.49. The van der Waals surface area contributed by atoms with Crippen LogP contribution in [0.2, 0.25) is 0 Å². The Morgan fingerprint density at radius 3 is 2.33 bits per heavy atom. The van der Waals surface area contributed by atoms with Crippen LogP contribution in [0.3, 0.4) is 0 Å². The molecule has 0 fully saturated rings. The van der Waals surface area contributed by atoms with E-state index in [1.807, 2.05) is 13.8 Å². The van der Waals surface area contributed by atoms with E-state index in [4.69, 9.17) is 5.73 Å². The fraction of sp³-hybridized carbons (Fsp3) is 0.455. The lowest BCUT2D eigenvalue weighted by Gasteiger charge is -2.19. The maximum atomic E-state index is 13.3. The number of rotatable bonds is 3. The first-order valence-corrected chi connectivity index (χ1v) is 4.88. The molecule has 15 heavy (non-hydrogen) atoms. The molecule has 1 unspecified atom stereocenters. The van der Waals surface area contributed by atoms with Gasteiger partial charge in [-0.15, -0.1) is 0 Å². The van der Waals surface area contributed by atoms with Gasteiger partial charge in [0.1, 0.15) is 0 Å². The van der Waals surface area contributed by atoms with Crippen molar-refractivity contribution < 1.29 is 13.2 Å². The molecule has 1 rings (SSSR count). The van der Waals surface area contributed by atoms with E-state index in [9.17, 15) is 13.2 Å². The van der Waals surface area contributed by atoms with E-state index in [2.05, 4.69) is 0 Å². The molecule has 1 aromatic carbocycles. The molecule has 0 saturated carbocycles. The molecule has 0 aliphatic rings. The van der Waals surface area contributed by atoms with Gasteiger partial charge in [-0.3, -0.25) is 0 Å². The first-order valence-electron chi connectivity index (χ1n) is 4.88. The predicted octanol–water partition coefficient (Wildman–Crippen LogP) is 3.15. The summed E-state index contributed by atoms with van der Waals surface area (Å²) < 4.78 is 38.9. The molecule has 0 saturated heterocycles. The zero-order chi connectivity index (χ0) is 11.6. The molecule has 1 nitrogen and oxygen atoms in total. The molecule has 2 N–H and O–H groups in total. The molecule has 0 amide bonds. The SMILES string of the molecule is CCC(C)[C@@H](N)c1ccc(F)c(F)c1F. The predicted molar refractivity (Wildman–Crippen MR) is 52.7 cm³/mol. The minimum Gasteiger partial charge on any atom is -0.324 e. The van der Waals surface area contributed by atoms with E-state index >= 15 is 0 Å². The molecule has 1 aromatic rings. The number of halogens is 3. The standard InChI is InChI=1S/C11H14F3N/c1-3-6(2)11(15)7-4-5-8(12)10(14)9(7)13/h4-6,11H,3,15H2,1-2H3/t6?,11-/m1/s1. The molecular weight excluding hydrogens is 203 g/mol. The molecule has 0 spiro atoms. The van der Waals surface area contributed by atoms with Gasteiger partial charge in [0.2, 0.25) is 0 Å². The molecular formula is C11H14F3N. The van der Waals surface area contributed by atoms with Gasteiger partial charge in [0.05, 0.1) is 0 Å². The van der Waals surface area contributed by atoms with E-state index in [0.717, 1.165) is 12.5 Å². The summed E-state index contributed by atoms with van der Waals surface area (Å²) in [6.07, 6.45) is 0.750. The van der Waals surface area contributed by atoms with Crippen molar-refractivity contribution in [2.75, 3.05) is 0 Å². The number of hydrogen-bond donors (Lipinski definition) is 1. The summed E-state index contributed by atoms with van der Waals surface area (Å²) in [5.74, 6) is -3.80. The Balaban J connectivity index is 3.10. The van der Waals surface area contributed by atoms with Crippen LogP contribution in [0.5, 0.6) is 0 Å². The maximum absolute atomic E-state index is 13.3. The van der Waals surface area contributed by atoms with Crippen molar-refractivity contribution in [1.29, 1.82) is 0 Å². The minimum absolute atomic E-state index is 0.0179. The van der Waals surface area contributed by atoms with Gasteiger partial charge in [-0.25, -0.2) is 13.2 Å². The molecule has 0 bridgehead atoms. The van der Waals surface area contributed by atoms with E-state index in [1.165, 1.54) is 6.07 Å². The largest absolute Gasteiger partial charge is 0.324 e. The Morgan fingerprint density at radius 1 is 1.20 bits per heavy atom. The van der Waals surface area contributed by atoms with Gasteiger partial charge in [-0.2, -0.15) is 0 Å². The molecule has 0 radical (unpaired) electrons. The molecule has 0 aliphatic heterocycles. The van der Waals surface area contributed by atoms with Crippen molar-refractivity contribution in [1.82, 2.24) is 0 Å². The first kappa shape index (κ1) is 12.0. The van der Waals surface area contributed by atoms with Gasteiger partial charge >= 0.3 is 0 Å². The fourth-order valence-electron chi connectivity index (χ4n) is 1.36. The third-order valence-corrected chi connectivity index (χ3v) is 2.68. The average molecular weight is 217 g/mol. The van der Waals surface area contributed by atoms with Crippen molar-refractivity contribution in [2.24, 2.45) is 11.7 Å². The summed E-state index contributed by atoms with van der Waals surface area (Å²) >= 11 is 0. The van der Waals surface area contributed by atoms with Crippen molar-refractivity contribution in [3.8, 4) is 0 Å². The summed E-state index contributed by atoms with van der Waals surface area (Å²) in [5.41, 5.74) is 5.77. The average Bonchev–Trinajstić information content (AvgIpc) is 2.24. The minimum atomic E-state index is -1.45. The monoisotopic (exact) mass is 217 g/mol. The van der Waals surface area contributed by atoms with Crippen LogP contribution >= 0.6 is 0 Å². The van der Waals surface area contributed by atoms with Crippen molar-refractivity contribution >= 4 is 0 Å². The van der Waals surface area contributed by atoms with E-state index in [-0.39, 0.29) is 11.5 Å². The van der Waals surface area contributed by atoms with Crippen LogP contribution in [0.15, 0.2) is 12.1 Å². The Morgan fingerprint density at radius 2 is 1.80 bits per heavy atom. The van der Waals surface area contributed by atoms with Gasteiger partial charge in [0.25, 0.3) is 0 Å². The topological polar surface area (TPSA) is 26.0 Å². The summed E-state index contributed by atoms with van der Waals surface area (Å²) in [5, 5.41) is 0. The van der Waals surface area contributed by atoms with Gasteiger partial charge in [-0.05, 0) is 12.0 Å². The lowest BCUT2D eigenvalue weighted by Crippen LogP contribution is -2.20. The highest BCUT2D eigenvalue weighted by molar-refractivity contribution is 5.23. The number of hydrogen-bond acceptors (Lipinski definition) is 1. The highest BCUT2D eigenvalue weighted by Crippen LogP contribution is 2.26. The number of benzene rings is 1. The maximum Gasteiger partial charge on any atom is 0.194 e. The van der Waals surface area contributed by atoms with Crippen LogP contribution in [0.25, 0.3) is 0 Å². The van der Waals surface area contributed by atoms with Crippen LogP contribution in [0.1, 0.15) is 31.9 Å². The molecule has 0 heterocycles. The lowest BCUT2D eigenvalue weighted by atomic mass is 9.93. The van der Waals surface area contributed by atoms with Crippen molar-refractivity contribution in [2.45, 2.75) is 26.3 Å². The fourth-order valence-corrected chi connectivity index (χ4v) is 1.36. The third kappa shape index (κ3) is 2.31. The van der Waals surface area contributed by atoms with Crippen LogP contribution < -0.4 is 5.73 Å². The van der Waals surface area contributed by atoms with E-state index in [0.29, 0.717) is 0 Å². The van der Waals surface area contributed by atoms with Crippen molar-refractivity contribution in [3.63, 3.8) is 0 Å². The van der Waals surface area contributed by atoms with Crippen LogP contribution in [-0.2, 0) is 0 Å².